The minimum Gasteiger partial charge on any atom is -0.489 e. The van der Waals surface area contributed by atoms with Gasteiger partial charge < -0.3 is 15.4 Å². The second-order valence-electron chi connectivity index (χ2n) is 6.12. The highest BCUT2D eigenvalue weighted by Crippen LogP contribution is 2.30. The number of para-hydroxylation sites is 1. The molecule has 1 aliphatic rings. The van der Waals surface area contributed by atoms with E-state index in [1.807, 2.05) is 36.5 Å². The second kappa shape index (κ2) is 7.21. The molecule has 0 bridgehead atoms. The predicted octanol–water partition coefficient (Wildman–Crippen LogP) is 2.95. The van der Waals surface area contributed by atoms with Gasteiger partial charge >= 0.3 is 0 Å². The number of halogens is 1. The molecule has 1 fully saturated rings. The Labute approximate surface area is 156 Å². The zero-order valence-electron chi connectivity index (χ0n) is 14.1. The van der Waals surface area contributed by atoms with Crippen molar-refractivity contribution in [3.8, 4) is 11.6 Å². The Morgan fingerprint density at radius 1 is 1.08 bits per heavy atom. The summed E-state index contributed by atoms with van der Waals surface area (Å²) in [6.45, 7) is 1.60. The third kappa shape index (κ3) is 3.30. The lowest BCUT2D eigenvalue weighted by atomic mass is 10.1. The molecule has 26 heavy (non-hydrogen) atoms. The van der Waals surface area contributed by atoms with Gasteiger partial charge in [0.05, 0.1) is 5.02 Å². The SMILES string of the molecule is Nc1c(N2CCC(Oc3ccccc3Cl)CC2)ncnc1-n1cccn1. The predicted molar refractivity (Wildman–Crippen MR) is 101 cm³/mol. The summed E-state index contributed by atoms with van der Waals surface area (Å²) in [5.74, 6) is 2.06. The Morgan fingerprint density at radius 3 is 2.58 bits per heavy atom. The van der Waals surface area contributed by atoms with E-state index in [1.165, 1.54) is 6.33 Å². The van der Waals surface area contributed by atoms with Crippen LogP contribution in [0.5, 0.6) is 5.75 Å². The monoisotopic (exact) mass is 370 g/mol. The second-order valence-corrected chi connectivity index (χ2v) is 6.53. The van der Waals surface area contributed by atoms with Crippen LogP contribution in [0.4, 0.5) is 11.5 Å². The minimum absolute atomic E-state index is 0.125. The molecule has 1 aromatic carbocycles. The van der Waals surface area contributed by atoms with E-state index in [9.17, 15) is 0 Å². The van der Waals surface area contributed by atoms with Crippen LogP contribution in [0.15, 0.2) is 49.1 Å². The molecular weight excluding hydrogens is 352 g/mol. The number of piperidine rings is 1. The van der Waals surface area contributed by atoms with Crippen LogP contribution in [-0.2, 0) is 0 Å². The van der Waals surface area contributed by atoms with E-state index in [0.29, 0.717) is 16.5 Å². The van der Waals surface area contributed by atoms with Crippen molar-refractivity contribution < 1.29 is 4.74 Å². The number of nitrogens with two attached hydrogens (primary N) is 1. The van der Waals surface area contributed by atoms with E-state index < -0.39 is 0 Å². The molecular formula is C18H19ClN6O. The van der Waals surface area contributed by atoms with Crippen molar-refractivity contribution in [1.29, 1.82) is 0 Å². The molecule has 1 aliphatic heterocycles. The minimum atomic E-state index is 0.125. The van der Waals surface area contributed by atoms with Crippen molar-refractivity contribution in [3.05, 3.63) is 54.1 Å². The van der Waals surface area contributed by atoms with Crippen LogP contribution in [-0.4, -0.2) is 38.9 Å². The molecule has 3 aromatic rings. The Kier molecular flexibility index (Phi) is 4.62. The molecule has 0 radical (unpaired) electrons. The fourth-order valence-electron chi connectivity index (χ4n) is 3.11. The fourth-order valence-corrected chi connectivity index (χ4v) is 3.29. The van der Waals surface area contributed by atoms with Crippen molar-refractivity contribution in [2.24, 2.45) is 0 Å². The van der Waals surface area contributed by atoms with Crippen molar-refractivity contribution >= 4 is 23.1 Å². The van der Waals surface area contributed by atoms with Gasteiger partial charge in [0.25, 0.3) is 0 Å². The third-order valence-electron chi connectivity index (χ3n) is 4.44. The summed E-state index contributed by atoms with van der Waals surface area (Å²) >= 11 is 6.18. The maximum Gasteiger partial charge on any atom is 0.181 e. The Morgan fingerprint density at radius 2 is 1.85 bits per heavy atom. The molecule has 1 saturated heterocycles. The van der Waals surface area contributed by atoms with Gasteiger partial charge in [0.2, 0.25) is 0 Å². The van der Waals surface area contributed by atoms with E-state index in [-0.39, 0.29) is 6.10 Å². The molecule has 0 amide bonds. The van der Waals surface area contributed by atoms with Gasteiger partial charge in [-0.05, 0) is 18.2 Å². The maximum atomic E-state index is 6.31. The molecule has 3 heterocycles. The molecule has 0 aliphatic carbocycles. The Balaban J connectivity index is 1.45. The number of anilines is 2. The summed E-state index contributed by atoms with van der Waals surface area (Å²) in [6.07, 6.45) is 6.89. The van der Waals surface area contributed by atoms with Crippen LogP contribution in [0, 0.1) is 0 Å². The lowest BCUT2D eigenvalue weighted by Gasteiger charge is -2.33. The van der Waals surface area contributed by atoms with E-state index in [4.69, 9.17) is 22.1 Å². The highest BCUT2D eigenvalue weighted by atomic mass is 35.5. The summed E-state index contributed by atoms with van der Waals surface area (Å²) in [5, 5.41) is 4.83. The van der Waals surface area contributed by atoms with E-state index in [1.54, 1.807) is 10.9 Å². The molecule has 2 aromatic heterocycles. The Hall–Kier alpha value is -2.80. The van der Waals surface area contributed by atoms with Gasteiger partial charge in [-0.1, -0.05) is 23.7 Å². The number of ether oxygens (including phenoxy) is 1. The molecule has 0 saturated carbocycles. The molecule has 7 nitrogen and oxygen atoms in total. The normalized spacial score (nSPS) is 15.2. The average molecular weight is 371 g/mol. The van der Waals surface area contributed by atoms with Crippen LogP contribution in [0.25, 0.3) is 5.82 Å². The first-order valence-corrected chi connectivity index (χ1v) is 8.87. The van der Waals surface area contributed by atoms with Crippen LogP contribution >= 0.6 is 11.6 Å². The number of hydrogen-bond donors (Lipinski definition) is 1. The van der Waals surface area contributed by atoms with Crippen LogP contribution < -0.4 is 15.4 Å². The summed E-state index contributed by atoms with van der Waals surface area (Å²) in [5.41, 5.74) is 6.84. The number of nitrogen functional groups attached to an aromatic ring is 1. The van der Waals surface area contributed by atoms with Crippen LogP contribution in [0.2, 0.25) is 5.02 Å². The Bertz CT molecular complexity index is 877. The first-order chi connectivity index (χ1) is 12.7. The number of benzene rings is 1. The molecule has 0 unspecified atom stereocenters. The number of rotatable bonds is 4. The average Bonchev–Trinajstić information content (AvgIpc) is 3.19. The van der Waals surface area contributed by atoms with Gasteiger partial charge in [-0.3, -0.25) is 0 Å². The molecule has 134 valence electrons. The lowest BCUT2D eigenvalue weighted by molar-refractivity contribution is 0.171. The maximum absolute atomic E-state index is 6.31. The van der Waals surface area contributed by atoms with E-state index in [2.05, 4.69) is 20.0 Å². The summed E-state index contributed by atoms with van der Waals surface area (Å²) in [4.78, 5) is 10.8. The van der Waals surface area contributed by atoms with Crippen molar-refractivity contribution in [3.63, 3.8) is 0 Å². The van der Waals surface area contributed by atoms with Gasteiger partial charge in [0, 0.05) is 38.3 Å². The molecule has 0 atom stereocenters. The molecule has 8 heteroatoms. The largest absolute Gasteiger partial charge is 0.489 e. The zero-order valence-corrected chi connectivity index (χ0v) is 14.9. The molecule has 0 spiro atoms. The zero-order chi connectivity index (χ0) is 17.9. The van der Waals surface area contributed by atoms with Crippen molar-refractivity contribution in [2.75, 3.05) is 23.7 Å². The van der Waals surface area contributed by atoms with Gasteiger partial charge in [0.1, 0.15) is 23.9 Å². The standard InChI is InChI=1S/C18H19ClN6O/c19-14-4-1-2-5-15(14)26-13-6-10-24(11-7-13)17-16(20)18(22-12-21-17)25-9-3-8-23-25/h1-5,8-9,12-13H,6-7,10-11,20H2. The summed E-state index contributed by atoms with van der Waals surface area (Å²) in [7, 11) is 0. The van der Waals surface area contributed by atoms with Crippen molar-refractivity contribution in [1.82, 2.24) is 19.7 Å². The smallest absolute Gasteiger partial charge is 0.181 e. The summed E-state index contributed by atoms with van der Waals surface area (Å²) < 4.78 is 7.69. The highest BCUT2D eigenvalue weighted by molar-refractivity contribution is 6.32. The lowest BCUT2D eigenvalue weighted by Crippen LogP contribution is -2.39. The first-order valence-electron chi connectivity index (χ1n) is 8.49. The van der Waals surface area contributed by atoms with Gasteiger partial charge in [-0.25, -0.2) is 14.6 Å². The first kappa shape index (κ1) is 16.7. The van der Waals surface area contributed by atoms with Crippen LogP contribution in [0.1, 0.15) is 12.8 Å². The number of nitrogens with zero attached hydrogens (tertiary/aromatic N) is 5. The van der Waals surface area contributed by atoms with E-state index in [0.717, 1.165) is 37.5 Å². The highest BCUT2D eigenvalue weighted by Gasteiger charge is 2.24. The van der Waals surface area contributed by atoms with Gasteiger partial charge in [-0.2, -0.15) is 5.10 Å². The topological polar surface area (TPSA) is 82.1 Å². The van der Waals surface area contributed by atoms with Gasteiger partial charge in [0.15, 0.2) is 11.6 Å². The molecule has 2 N–H and O–H groups in total. The quantitative estimate of drug-likeness (QED) is 0.760. The third-order valence-corrected chi connectivity index (χ3v) is 4.75. The number of aromatic nitrogens is 4. The van der Waals surface area contributed by atoms with Gasteiger partial charge in [-0.15, -0.1) is 0 Å². The number of hydrogen-bond acceptors (Lipinski definition) is 6. The molecule has 4 rings (SSSR count). The van der Waals surface area contributed by atoms with Crippen molar-refractivity contribution in [2.45, 2.75) is 18.9 Å². The van der Waals surface area contributed by atoms with E-state index >= 15 is 0 Å². The summed E-state index contributed by atoms with van der Waals surface area (Å²) in [6, 6.07) is 9.39. The fraction of sp³-hybridized carbons (Fsp3) is 0.278. The van der Waals surface area contributed by atoms with Crippen LogP contribution in [0.3, 0.4) is 0 Å².